The van der Waals surface area contributed by atoms with E-state index in [2.05, 4.69) is 0 Å². The maximum absolute atomic E-state index is 15.7. The number of benzene rings is 2. The number of nitrogens with two attached hydrogens (primary N) is 2. The molecule has 38 heavy (non-hydrogen) atoms. The van der Waals surface area contributed by atoms with Gasteiger partial charge in [-0.15, -0.1) is 11.3 Å². The lowest BCUT2D eigenvalue weighted by atomic mass is 9.73. The molecule has 0 aliphatic carbocycles. The molecule has 12 heteroatoms. The number of thiophene rings is 1. The molecule has 3 aromatic rings. The van der Waals surface area contributed by atoms with Crippen molar-refractivity contribution in [3.63, 3.8) is 0 Å². The first kappa shape index (κ1) is 28.3. The molecule has 0 saturated carbocycles. The van der Waals surface area contributed by atoms with Crippen LogP contribution in [-0.2, 0) is 22.3 Å². The van der Waals surface area contributed by atoms with Gasteiger partial charge in [0, 0.05) is 30.4 Å². The largest absolute Gasteiger partial charge is 0.491 e. The number of carbonyl (C=O) groups is 1. The van der Waals surface area contributed by atoms with Gasteiger partial charge in [0.2, 0.25) is 0 Å². The number of hydrazine groups is 1. The van der Waals surface area contributed by atoms with E-state index < -0.39 is 34.1 Å². The fourth-order valence-electron chi connectivity index (χ4n) is 4.46. The number of aliphatic carboxylic acids is 1. The van der Waals surface area contributed by atoms with E-state index in [0.717, 1.165) is 0 Å². The molecule has 0 radical (unpaired) electrons. The van der Waals surface area contributed by atoms with Crippen LogP contribution in [0, 0.1) is 11.2 Å². The number of nitrogen functional groups attached to an aromatic ring is 1. The number of rotatable bonds is 8. The fourth-order valence-corrected chi connectivity index (χ4v) is 7.31. The molecule has 2 aromatic carbocycles. The van der Waals surface area contributed by atoms with Crippen molar-refractivity contribution in [1.29, 1.82) is 0 Å². The molecule has 204 valence electrons. The van der Waals surface area contributed by atoms with Crippen LogP contribution in [0.25, 0.3) is 0 Å². The third-order valence-corrected chi connectivity index (χ3v) is 9.70. The zero-order chi connectivity index (χ0) is 27.8. The first-order chi connectivity index (χ1) is 18.0. The lowest BCUT2D eigenvalue weighted by Crippen LogP contribution is -2.33. The Bertz CT molecular complexity index is 1380. The van der Waals surface area contributed by atoms with Crippen LogP contribution in [0.1, 0.15) is 42.7 Å². The minimum atomic E-state index is -1.49. The van der Waals surface area contributed by atoms with E-state index in [1.54, 1.807) is 41.6 Å². The lowest BCUT2D eigenvalue weighted by Gasteiger charge is -2.31. The van der Waals surface area contributed by atoms with Crippen LogP contribution in [-0.4, -0.2) is 39.3 Å². The topological polar surface area (TPSA) is 122 Å². The summed E-state index contributed by atoms with van der Waals surface area (Å²) in [5, 5.41) is 11.4. The third-order valence-electron chi connectivity index (χ3n) is 6.70. The van der Waals surface area contributed by atoms with Crippen molar-refractivity contribution in [3.05, 3.63) is 68.6 Å². The SMILES string of the molecule is CCN(N)c1ccc(C(c2cc(CN3CCOc4ccccc4S3=O)c(Cl)s2)C(C)(C)C(=O)O)c(F)c1N. The molecule has 5 N–H and O–H groups in total. The zero-order valence-electron chi connectivity index (χ0n) is 21.2. The Hall–Kier alpha value is -2.70. The Morgan fingerprint density at radius 3 is 2.74 bits per heavy atom. The van der Waals surface area contributed by atoms with Gasteiger partial charge in [-0.1, -0.05) is 29.8 Å². The van der Waals surface area contributed by atoms with Crippen molar-refractivity contribution in [2.75, 3.05) is 30.4 Å². The van der Waals surface area contributed by atoms with Crippen LogP contribution in [0.2, 0.25) is 4.34 Å². The lowest BCUT2D eigenvalue weighted by molar-refractivity contribution is -0.147. The van der Waals surface area contributed by atoms with Gasteiger partial charge >= 0.3 is 5.97 Å². The number of para-hydroxylation sites is 1. The Balaban J connectivity index is 1.74. The molecular formula is C26H30ClFN4O4S2. The highest BCUT2D eigenvalue weighted by atomic mass is 35.5. The van der Waals surface area contributed by atoms with Crippen molar-refractivity contribution in [1.82, 2.24) is 4.31 Å². The summed E-state index contributed by atoms with van der Waals surface area (Å²) in [5.74, 6) is 3.78. The summed E-state index contributed by atoms with van der Waals surface area (Å²) >= 11 is 7.82. The number of anilines is 2. The number of hydrogen-bond acceptors (Lipinski definition) is 7. The molecular weight excluding hydrogens is 551 g/mol. The molecule has 2 heterocycles. The van der Waals surface area contributed by atoms with Crippen LogP contribution in [0.5, 0.6) is 5.75 Å². The van der Waals surface area contributed by atoms with Crippen LogP contribution < -0.4 is 21.3 Å². The highest BCUT2D eigenvalue weighted by Crippen LogP contribution is 2.48. The maximum Gasteiger partial charge on any atom is 0.310 e. The van der Waals surface area contributed by atoms with Crippen molar-refractivity contribution in [3.8, 4) is 5.75 Å². The summed E-state index contributed by atoms with van der Waals surface area (Å²) in [5.41, 5.74) is 5.65. The van der Waals surface area contributed by atoms with Crippen LogP contribution >= 0.6 is 22.9 Å². The van der Waals surface area contributed by atoms with E-state index in [-0.39, 0.29) is 17.8 Å². The number of hydrogen-bond donors (Lipinski definition) is 3. The van der Waals surface area contributed by atoms with Crippen molar-refractivity contribution < 1.29 is 23.2 Å². The molecule has 0 bridgehead atoms. The van der Waals surface area contributed by atoms with E-state index in [4.69, 9.17) is 27.9 Å². The molecule has 1 aliphatic heterocycles. The van der Waals surface area contributed by atoms with Gasteiger partial charge in [0.15, 0.2) is 5.82 Å². The molecule has 1 aromatic heterocycles. The number of halogens is 2. The third kappa shape index (κ3) is 5.26. The van der Waals surface area contributed by atoms with Gasteiger partial charge in [-0.3, -0.25) is 4.79 Å². The highest BCUT2D eigenvalue weighted by Gasteiger charge is 2.42. The second-order valence-corrected chi connectivity index (χ2v) is 12.6. The predicted octanol–water partition coefficient (Wildman–Crippen LogP) is 4.98. The van der Waals surface area contributed by atoms with Crippen molar-refractivity contribution >= 4 is 51.3 Å². The molecule has 0 spiro atoms. The predicted molar refractivity (Wildman–Crippen MR) is 149 cm³/mol. The van der Waals surface area contributed by atoms with Gasteiger partial charge in [0.1, 0.15) is 23.3 Å². The quantitative estimate of drug-likeness (QED) is 0.195. The van der Waals surface area contributed by atoms with Crippen LogP contribution in [0.3, 0.4) is 0 Å². The maximum atomic E-state index is 15.7. The average Bonchev–Trinajstić information content (AvgIpc) is 3.15. The van der Waals surface area contributed by atoms with Crippen LogP contribution in [0.4, 0.5) is 15.8 Å². The standard InChI is InChI=1S/C26H30ClFN4O4S2/c1-4-32(30)17-10-9-16(22(28)23(17)29)21(26(2,3)25(33)34)19-13-15(24(27)37-19)14-31-11-12-36-18-7-5-6-8-20(18)38(31)35/h5-10,13,21H,4,11-12,14,29-30H2,1-3H3,(H,33,34). The molecule has 4 rings (SSSR count). The molecule has 8 nitrogen and oxygen atoms in total. The summed E-state index contributed by atoms with van der Waals surface area (Å²) in [7, 11) is -1.49. The molecule has 2 unspecified atom stereocenters. The summed E-state index contributed by atoms with van der Waals surface area (Å²) < 4.78 is 36.9. The number of nitrogens with zero attached hydrogens (tertiary/aromatic N) is 2. The Morgan fingerprint density at radius 2 is 2.05 bits per heavy atom. The van der Waals surface area contributed by atoms with Gasteiger partial charge in [0.25, 0.3) is 0 Å². The smallest absolute Gasteiger partial charge is 0.310 e. The van der Waals surface area contributed by atoms with Gasteiger partial charge in [0.05, 0.1) is 26.0 Å². The van der Waals surface area contributed by atoms with E-state index in [1.165, 1.54) is 36.3 Å². The van der Waals surface area contributed by atoms with Crippen molar-refractivity contribution in [2.24, 2.45) is 11.3 Å². The Labute approximate surface area is 232 Å². The van der Waals surface area contributed by atoms with Gasteiger partial charge in [-0.25, -0.2) is 18.7 Å². The number of carboxylic acids is 1. The van der Waals surface area contributed by atoms with Gasteiger partial charge in [-0.2, -0.15) is 0 Å². The highest BCUT2D eigenvalue weighted by molar-refractivity contribution is 7.82. The van der Waals surface area contributed by atoms with E-state index in [9.17, 15) is 14.1 Å². The van der Waals surface area contributed by atoms with Gasteiger partial charge in [-0.05, 0) is 56.2 Å². The average molecular weight is 581 g/mol. The Kier molecular flexibility index (Phi) is 8.34. The number of ether oxygens (including phenoxy) is 1. The van der Waals surface area contributed by atoms with E-state index in [0.29, 0.717) is 50.8 Å². The fraction of sp³-hybridized carbons (Fsp3) is 0.346. The second kappa shape index (κ2) is 11.2. The number of carboxylic acid groups (broad SMARTS) is 1. The monoisotopic (exact) mass is 580 g/mol. The molecule has 0 amide bonds. The molecule has 1 aliphatic rings. The van der Waals surface area contributed by atoms with Gasteiger partial charge < -0.3 is 20.6 Å². The van der Waals surface area contributed by atoms with Crippen molar-refractivity contribution in [2.45, 2.75) is 38.1 Å². The minimum Gasteiger partial charge on any atom is -0.491 e. The normalized spacial score (nSPS) is 16.8. The summed E-state index contributed by atoms with van der Waals surface area (Å²) in [6.07, 6.45) is 0. The number of fused-ring (bicyclic) bond motifs is 1. The summed E-state index contributed by atoms with van der Waals surface area (Å²) in [4.78, 5) is 13.5. The van der Waals surface area contributed by atoms with E-state index >= 15 is 4.39 Å². The second-order valence-electron chi connectivity index (χ2n) is 9.50. The Morgan fingerprint density at radius 1 is 1.34 bits per heavy atom. The summed E-state index contributed by atoms with van der Waals surface area (Å²) in [6.45, 7) is 6.27. The molecule has 2 atom stereocenters. The first-order valence-electron chi connectivity index (χ1n) is 12.0. The molecule has 0 fully saturated rings. The minimum absolute atomic E-state index is 0.133. The van der Waals surface area contributed by atoms with E-state index in [1.807, 2.05) is 6.07 Å². The summed E-state index contributed by atoms with van der Waals surface area (Å²) in [6, 6.07) is 12.0. The first-order valence-corrected chi connectivity index (χ1v) is 14.3. The molecule has 0 saturated heterocycles. The zero-order valence-corrected chi connectivity index (χ0v) is 23.6. The van der Waals surface area contributed by atoms with Crippen LogP contribution in [0.15, 0.2) is 47.4 Å².